The Bertz CT molecular complexity index is 127. The summed E-state index contributed by atoms with van der Waals surface area (Å²) < 4.78 is 0. The highest BCUT2D eigenvalue weighted by molar-refractivity contribution is 5.70. The monoisotopic (exact) mass is 145 g/mol. The van der Waals surface area contributed by atoms with Crippen molar-refractivity contribution >= 4 is 11.9 Å². The molecule has 4 nitrogen and oxygen atoms in total. The van der Waals surface area contributed by atoms with Gasteiger partial charge in [-0.15, -0.1) is 6.58 Å². The third-order valence-corrected chi connectivity index (χ3v) is 0.319. The van der Waals surface area contributed by atoms with Crippen LogP contribution in [0, 0.1) is 0 Å². The van der Waals surface area contributed by atoms with Crippen LogP contribution in [0.15, 0.2) is 12.7 Å². The van der Waals surface area contributed by atoms with E-state index in [0.717, 1.165) is 0 Å². The Balaban J connectivity index is 0. The molecule has 0 atom stereocenters. The minimum atomic E-state index is -0.829. The fraction of sp³-hybridized carbons (Fsp3) is 0.333. The van der Waals surface area contributed by atoms with Gasteiger partial charge in [-0.1, -0.05) is 6.08 Å². The van der Waals surface area contributed by atoms with Crippen LogP contribution >= 0.6 is 0 Å². The Morgan fingerprint density at radius 3 is 2.00 bits per heavy atom. The van der Waals surface area contributed by atoms with Crippen molar-refractivity contribution in [1.29, 1.82) is 0 Å². The predicted octanol–water partition coefficient (Wildman–Crippen LogP) is 0.139. The summed E-state index contributed by atoms with van der Waals surface area (Å²) in [6, 6.07) is 0. The molecule has 0 aliphatic rings. The van der Waals surface area contributed by atoms with Crippen LogP contribution in [0.4, 0.5) is 0 Å². The summed E-state index contributed by atoms with van der Waals surface area (Å²) in [5.74, 6) is -1.16. The maximum atomic E-state index is 9.53. The number of carboxylic acid groups (broad SMARTS) is 1. The number of rotatable bonds is 2. The Labute approximate surface area is 59.3 Å². The number of nitrogens with two attached hydrogens (primary N) is 1. The molecule has 0 saturated carbocycles. The predicted molar refractivity (Wildman–Crippen MR) is 37.3 cm³/mol. The van der Waals surface area contributed by atoms with E-state index in [1.807, 2.05) is 0 Å². The number of hydrogen-bond acceptors (Lipinski definition) is 2. The van der Waals surface area contributed by atoms with E-state index in [4.69, 9.17) is 5.11 Å². The van der Waals surface area contributed by atoms with E-state index in [1.54, 1.807) is 0 Å². The van der Waals surface area contributed by atoms with Crippen molar-refractivity contribution in [2.75, 3.05) is 0 Å². The van der Waals surface area contributed by atoms with Gasteiger partial charge in [0.2, 0.25) is 5.91 Å². The molecule has 0 rings (SSSR count). The van der Waals surface area contributed by atoms with E-state index in [9.17, 15) is 9.59 Å². The molecular formula is C6H11NO3. The first-order valence-electron chi connectivity index (χ1n) is 2.59. The summed E-state index contributed by atoms with van der Waals surface area (Å²) in [6.45, 7) is 4.53. The summed E-state index contributed by atoms with van der Waals surface area (Å²) in [5.41, 5.74) is 4.47. The van der Waals surface area contributed by atoms with Crippen LogP contribution < -0.4 is 5.73 Å². The Morgan fingerprint density at radius 2 is 2.00 bits per heavy atom. The topological polar surface area (TPSA) is 80.4 Å². The second-order valence-corrected chi connectivity index (χ2v) is 1.50. The normalized spacial score (nSPS) is 6.90. The van der Waals surface area contributed by atoms with E-state index >= 15 is 0 Å². The molecule has 0 saturated heterocycles. The van der Waals surface area contributed by atoms with E-state index < -0.39 is 5.97 Å². The van der Waals surface area contributed by atoms with Crippen LogP contribution in [0.2, 0.25) is 0 Å². The van der Waals surface area contributed by atoms with Gasteiger partial charge in [0.1, 0.15) is 0 Å². The molecule has 0 bridgehead atoms. The molecule has 3 N–H and O–H groups in total. The summed E-state index contributed by atoms with van der Waals surface area (Å²) in [4.78, 5) is 18.8. The van der Waals surface area contributed by atoms with Gasteiger partial charge in [-0.2, -0.15) is 0 Å². The van der Waals surface area contributed by atoms with E-state index in [1.165, 1.54) is 13.0 Å². The first kappa shape index (κ1) is 11.5. The summed E-state index contributed by atoms with van der Waals surface area (Å²) in [6.07, 6.45) is 1.41. The average Bonchev–Trinajstić information content (AvgIpc) is 1.62. The molecule has 10 heavy (non-hydrogen) atoms. The van der Waals surface area contributed by atoms with Crippen LogP contribution in [0.1, 0.15) is 13.3 Å². The third kappa shape index (κ3) is 76.4. The number of carboxylic acids is 1. The number of aliphatic carboxylic acids is 1. The molecular weight excluding hydrogens is 134 g/mol. The molecule has 4 heteroatoms. The number of carbonyl (C=O) groups is 2. The van der Waals surface area contributed by atoms with Gasteiger partial charge in [0, 0.05) is 6.92 Å². The minimum absolute atomic E-state index is 0.0556. The molecule has 0 aliphatic carbocycles. The molecule has 0 aromatic carbocycles. The van der Waals surface area contributed by atoms with Crippen LogP contribution in [-0.2, 0) is 9.59 Å². The highest BCUT2D eigenvalue weighted by Crippen LogP contribution is 1.74. The number of hydrogen-bond donors (Lipinski definition) is 2. The van der Waals surface area contributed by atoms with Crippen molar-refractivity contribution < 1.29 is 14.7 Å². The van der Waals surface area contributed by atoms with Gasteiger partial charge in [0.15, 0.2) is 0 Å². The first-order valence-corrected chi connectivity index (χ1v) is 2.59. The van der Waals surface area contributed by atoms with Crippen LogP contribution in [0.25, 0.3) is 0 Å². The van der Waals surface area contributed by atoms with E-state index in [-0.39, 0.29) is 12.3 Å². The highest BCUT2D eigenvalue weighted by atomic mass is 16.4. The van der Waals surface area contributed by atoms with Gasteiger partial charge in [-0.3, -0.25) is 9.59 Å². The second-order valence-electron chi connectivity index (χ2n) is 1.50. The number of carbonyl (C=O) groups excluding carboxylic acids is 1. The lowest BCUT2D eigenvalue weighted by molar-refractivity contribution is -0.136. The van der Waals surface area contributed by atoms with Gasteiger partial charge < -0.3 is 10.8 Å². The summed E-state index contributed by atoms with van der Waals surface area (Å²) in [7, 11) is 0. The van der Waals surface area contributed by atoms with Crippen molar-refractivity contribution in [3.8, 4) is 0 Å². The lowest BCUT2D eigenvalue weighted by atomic mass is 10.4. The zero-order valence-corrected chi connectivity index (χ0v) is 5.83. The van der Waals surface area contributed by atoms with E-state index in [0.29, 0.717) is 0 Å². The van der Waals surface area contributed by atoms with Crippen molar-refractivity contribution in [3.63, 3.8) is 0 Å². The van der Waals surface area contributed by atoms with Crippen molar-refractivity contribution in [2.24, 2.45) is 5.73 Å². The molecule has 58 valence electrons. The van der Waals surface area contributed by atoms with Gasteiger partial charge >= 0.3 is 5.97 Å². The minimum Gasteiger partial charge on any atom is -0.481 e. The standard InChI is InChI=1S/C4H6O2.C2H5NO/c1-2-3-4(5)6;1-2(3)4/h2H,1,3H2,(H,5,6);1H3,(H2,3,4). The van der Waals surface area contributed by atoms with Gasteiger partial charge in [-0.05, 0) is 0 Å². The molecule has 0 fully saturated rings. The molecule has 0 aromatic rings. The largest absolute Gasteiger partial charge is 0.481 e. The Hall–Kier alpha value is -1.32. The summed E-state index contributed by atoms with van der Waals surface area (Å²) >= 11 is 0. The molecule has 1 amide bonds. The smallest absolute Gasteiger partial charge is 0.307 e. The maximum absolute atomic E-state index is 9.53. The first-order chi connectivity index (χ1) is 4.50. The van der Waals surface area contributed by atoms with Crippen molar-refractivity contribution in [3.05, 3.63) is 12.7 Å². The molecule has 0 unspecified atom stereocenters. The van der Waals surface area contributed by atoms with Crippen LogP contribution in [0.5, 0.6) is 0 Å². The zero-order chi connectivity index (χ0) is 8.57. The highest BCUT2D eigenvalue weighted by Gasteiger charge is 1.84. The maximum Gasteiger partial charge on any atom is 0.307 e. The summed E-state index contributed by atoms with van der Waals surface area (Å²) in [5, 5.41) is 7.84. The Kier molecular flexibility index (Phi) is 8.81. The van der Waals surface area contributed by atoms with Gasteiger partial charge in [0.25, 0.3) is 0 Å². The zero-order valence-electron chi connectivity index (χ0n) is 5.83. The van der Waals surface area contributed by atoms with Crippen LogP contribution in [-0.4, -0.2) is 17.0 Å². The number of primary amides is 1. The molecule has 0 aliphatic heterocycles. The average molecular weight is 145 g/mol. The van der Waals surface area contributed by atoms with Gasteiger partial charge in [0.05, 0.1) is 6.42 Å². The van der Waals surface area contributed by atoms with Crippen LogP contribution in [0.3, 0.4) is 0 Å². The fourth-order valence-electron chi connectivity index (χ4n) is 0.123. The van der Waals surface area contributed by atoms with Gasteiger partial charge in [-0.25, -0.2) is 0 Å². The third-order valence-electron chi connectivity index (χ3n) is 0.319. The molecule has 0 spiro atoms. The van der Waals surface area contributed by atoms with Crippen molar-refractivity contribution in [2.45, 2.75) is 13.3 Å². The molecule has 0 aromatic heterocycles. The van der Waals surface area contributed by atoms with Crippen molar-refractivity contribution in [1.82, 2.24) is 0 Å². The lowest BCUT2D eigenvalue weighted by Gasteiger charge is -1.75. The quantitative estimate of drug-likeness (QED) is 0.542. The fourth-order valence-corrected chi connectivity index (χ4v) is 0.123. The Morgan fingerprint density at radius 1 is 1.70 bits per heavy atom. The molecule has 0 heterocycles. The lowest BCUT2D eigenvalue weighted by Crippen LogP contribution is -2.01. The SMILES string of the molecule is C=CCC(=O)O.CC(N)=O. The molecule has 0 radical (unpaired) electrons. The van der Waals surface area contributed by atoms with E-state index in [2.05, 4.69) is 12.3 Å². The number of amides is 1. The second kappa shape index (κ2) is 7.68.